The molecule has 0 bridgehead atoms. The number of nitriles is 2. The molecule has 0 N–H and O–H groups in total. The predicted octanol–water partition coefficient (Wildman–Crippen LogP) is 4.61. The Kier molecular flexibility index (Phi) is 3.89. The molecule has 4 rings (SSSR count). The van der Waals surface area contributed by atoms with E-state index in [1.807, 2.05) is 12.1 Å². The Hall–Kier alpha value is -3.96. The summed E-state index contributed by atoms with van der Waals surface area (Å²) in [5.74, 6) is 2.39. The molecule has 5 heteroatoms. The van der Waals surface area contributed by atoms with Gasteiger partial charge < -0.3 is 13.9 Å². The highest BCUT2D eigenvalue weighted by atomic mass is 16.7. The number of ether oxygens (including phenoxy) is 2. The van der Waals surface area contributed by atoms with Gasteiger partial charge in [0.1, 0.15) is 11.5 Å². The first-order chi connectivity index (χ1) is 12.8. The van der Waals surface area contributed by atoms with Gasteiger partial charge in [0.2, 0.25) is 6.79 Å². The summed E-state index contributed by atoms with van der Waals surface area (Å²) in [6.45, 7) is 0.185. The van der Waals surface area contributed by atoms with E-state index in [1.165, 1.54) is 0 Å². The number of nitrogens with zero attached hydrogens (tertiary/aromatic N) is 2. The van der Waals surface area contributed by atoms with Gasteiger partial charge in [0, 0.05) is 5.56 Å². The van der Waals surface area contributed by atoms with Gasteiger partial charge in [-0.15, -0.1) is 0 Å². The van der Waals surface area contributed by atoms with Gasteiger partial charge in [0.05, 0.1) is 23.3 Å². The minimum absolute atomic E-state index is 0.185. The van der Waals surface area contributed by atoms with Gasteiger partial charge in [0.25, 0.3) is 0 Å². The maximum absolute atomic E-state index is 9.52. The molecule has 1 aromatic heterocycles. The standard InChI is InChI=1S/C21H12N2O3/c22-11-15-3-1-2-4-18(15)19-8-6-17(26-19)9-16(12-23)14-5-7-20-21(10-14)25-13-24-20/h1-10H,13H2/b16-9-. The lowest BCUT2D eigenvalue weighted by Crippen LogP contribution is -1.92. The minimum atomic E-state index is 0.185. The molecule has 0 amide bonds. The summed E-state index contributed by atoms with van der Waals surface area (Å²) >= 11 is 0. The van der Waals surface area contributed by atoms with Crippen LogP contribution in [0.25, 0.3) is 23.0 Å². The van der Waals surface area contributed by atoms with Crippen LogP contribution in [-0.2, 0) is 0 Å². The molecule has 0 atom stereocenters. The molecule has 0 saturated carbocycles. The van der Waals surface area contributed by atoms with Crippen molar-refractivity contribution in [1.82, 2.24) is 0 Å². The second kappa shape index (κ2) is 6.51. The lowest BCUT2D eigenvalue weighted by Gasteiger charge is -2.01. The average Bonchev–Trinajstić information content (AvgIpc) is 3.34. The zero-order valence-electron chi connectivity index (χ0n) is 13.6. The molecule has 0 radical (unpaired) electrons. The predicted molar refractivity (Wildman–Crippen MR) is 94.9 cm³/mol. The van der Waals surface area contributed by atoms with Crippen molar-refractivity contribution in [2.75, 3.05) is 6.79 Å². The number of furan rings is 1. The van der Waals surface area contributed by atoms with E-state index in [-0.39, 0.29) is 6.79 Å². The Balaban J connectivity index is 1.69. The van der Waals surface area contributed by atoms with Crippen molar-refractivity contribution < 1.29 is 13.9 Å². The Labute approximate surface area is 149 Å². The molecule has 1 aliphatic heterocycles. The Bertz CT molecular complexity index is 1100. The van der Waals surface area contributed by atoms with Crippen molar-refractivity contribution in [2.45, 2.75) is 0 Å². The molecule has 0 unspecified atom stereocenters. The first-order valence-corrected chi connectivity index (χ1v) is 7.89. The topological polar surface area (TPSA) is 79.2 Å². The zero-order chi connectivity index (χ0) is 17.9. The lowest BCUT2D eigenvalue weighted by molar-refractivity contribution is 0.174. The molecule has 2 heterocycles. The molecule has 3 aromatic rings. The van der Waals surface area contributed by atoms with E-state index in [0.717, 1.165) is 5.56 Å². The Morgan fingerprint density at radius 3 is 2.65 bits per heavy atom. The number of hydrogen-bond donors (Lipinski definition) is 0. The van der Waals surface area contributed by atoms with Crippen LogP contribution in [-0.4, -0.2) is 6.79 Å². The summed E-state index contributed by atoms with van der Waals surface area (Å²) in [7, 11) is 0. The quantitative estimate of drug-likeness (QED) is 0.650. The highest BCUT2D eigenvalue weighted by Gasteiger charge is 2.15. The van der Waals surface area contributed by atoms with Crippen LogP contribution >= 0.6 is 0 Å². The van der Waals surface area contributed by atoms with Crippen LogP contribution in [0.5, 0.6) is 11.5 Å². The molecular formula is C21H12N2O3. The van der Waals surface area contributed by atoms with Crippen molar-refractivity contribution >= 4 is 11.6 Å². The van der Waals surface area contributed by atoms with Gasteiger partial charge in [-0.2, -0.15) is 10.5 Å². The summed E-state index contributed by atoms with van der Waals surface area (Å²) in [6.07, 6.45) is 1.66. The maximum atomic E-state index is 9.52. The van der Waals surface area contributed by atoms with E-state index in [2.05, 4.69) is 12.1 Å². The van der Waals surface area contributed by atoms with Gasteiger partial charge in [-0.1, -0.05) is 12.1 Å². The molecule has 0 aliphatic carbocycles. The third-order valence-electron chi connectivity index (χ3n) is 4.03. The fourth-order valence-electron chi connectivity index (χ4n) is 2.76. The summed E-state index contributed by atoms with van der Waals surface area (Å²) in [5, 5.41) is 18.7. The summed E-state index contributed by atoms with van der Waals surface area (Å²) < 4.78 is 16.5. The maximum Gasteiger partial charge on any atom is 0.231 e. The van der Waals surface area contributed by atoms with Crippen LogP contribution in [0, 0.1) is 22.7 Å². The smallest absolute Gasteiger partial charge is 0.231 e. The number of fused-ring (bicyclic) bond motifs is 1. The van der Waals surface area contributed by atoms with Crippen LogP contribution in [0.1, 0.15) is 16.9 Å². The van der Waals surface area contributed by atoms with Gasteiger partial charge in [-0.05, 0) is 54.1 Å². The Morgan fingerprint density at radius 2 is 1.81 bits per heavy atom. The monoisotopic (exact) mass is 340 g/mol. The van der Waals surface area contributed by atoms with E-state index < -0.39 is 0 Å². The fraction of sp³-hybridized carbons (Fsp3) is 0.0476. The number of rotatable bonds is 3. The zero-order valence-corrected chi connectivity index (χ0v) is 13.6. The van der Waals surface area contributed by atoms with Crippen LogP contribution < -0.4 is 9.47 Å². The highest BCUT2D eigenvalue weighted by molar-refractivity contribution is 5.89. The normalized spacial score (nSPS) is 12.5. The van der Waals surface area contributed by atoms with Crippen LogP contribution in [0.4, 0.5) is 0 Å². The lowest BCUT2D eigenvalue weighted by atomic mass is 10.1. The Morgan fingerprint density at radius 1 is 0.962 bits per heavy atom. The first kappa shape index (κ1) is 15.6. The molecular weight excluding hydrogens is 328 g/mol. The molecule has 2 aromatic carbocycles. The van der Waals surface area contributed by atoms with E-state index in [9.17, 15) is 10.5 Å². The summed E-state index contributed by atoms with van der Waals surface area (Å²) in [5.41, 5.74) is 2.41. The molecule has 0 fully saturated rings. The highest BCUT2D eigenvalue weighted by Crippen LogP contribution is 2.35. The molecule has 0 saturated heterocycles. The fourth-order valence-corrected chi connectivity index (χ4v) is 2.76. The first-order valence-electron chi connectivity index (χ1n) is 7.89. The molecule has 124 valence electrons. The van der Waals surface area contributed by atoms with E-state index in [1.54, 1.807) is 48.5 Å². The summed E-state index contributed by atoms with van der Waals surface area (Å²) in [6, 6.07) is 20.5. The van der Waals surface area contributed by atoms with Gasteiger partial charge in [-0.25, -0.2) is 0 Å². The van der Waals surface area contributed by atoms with E-state index in [0.29, 0.717) is 39.7 Å². The van der Waals surface area contributed by atoms with Crippen molar-refractivity contribution in [3.63, 3.8) is 0 Å². The van der Waals surface area contributed by atoms with Crippen molar-refractivity contribution in [1.29, 1.82) is 10.5 Å². The largest absolute Gasteiger partial charge is 0.457 e. The third kappa shape index (κ3) is 2.79. The molecule has 5 nitrogen and oxygen atoms in total. The van der Waals surface area contributed by atoms with Crippen molar-refractivity contribution in [3.05, 3.63) is 71.5 Å². The third-order valence-corrected chi connectivity index (χ3v) is 4.03. The molecule has 1 aliphatic rings. The van der Waals surface area contributed by atoms with Crippen LogP contribution in [0.2, 0.25) is 0 Å². The minimum Gasteiger partial charge on any atom is -0.457 e. The van der Waals surface area contributed by atoms with Crippen molar-refractivity contribution in [2.24, 2.45) is 0 Å². The second-order valence-corrected chi connectivity index (χ2v) is 5.60. The number of hydrogen-bond acceptors (Lipinski definition) is 5. The van der Waals surface area contributed by atoms with Crippen LogP contribution in [0.3, 0.4) is 0 Å². The van der Waals surface area contributed by atoms with E-state index in [4.69, 9.17) is 13.9 Å². The summed E-state index contributed by atoms with van der Waals surface area (Å²) in [4.78, 5) is 0. The number of allylic oxidation sites excluding steroid dienone is 1. The molecule has 26 heavy (non-hydrogen) atoms. The van der Waals surface area contributed by atoms with Crippen LogP contribution in [0.15, 0.2) is 59.0 Å². The van der Waals surface area contributed by atoms with Gasteiger partial charge in [0.15, 0.2) is 11.5 Å². The second-order valence-electron chi connectivity index (χ2n) is 5.60. The number of benzene rings is 2. The van der Waals surface area contributed by atoms with E-state index >= 15 is 0 Å². The van der Waals surface area contributed by atoms with Gasteiger partial charge in [-0.3, -0.25) is 0 Å². The average molecular weight is 340 g/mol. The molecule has 0 spiro atoms. The SMILES string of the molecule is N#C/C(=C/c1ccc(-c2ccccc2C#N)o1)c1ccc2c(c1)OCO2. The van der Waals surface area contributed by atoms with Crippen molar-refractivity contribution in [3.8, 4) is 35.0 Å². The van der Waals surface area contributed by atoms with Gasteiger partial charge >= 0.3 is 0 Å².